The minimum atomic E-state index is 0.411. The number of ether oxygens (including phenoxy) is 1. The van der Waals surface area contributed by atoms with Gasteiger partial charge in [0.25, 0.3) is 0 Å². The first-order chi connectivity index (χ1) is 8.34. The standard InChI is InChI=1S/C10H17N5OS/c17-10-13-9(8-12-14-10)11-2-1-3-15-4-6-16-7-5-15/h8H,1-7H2,(H2,11,13,14,17)/p+1. The molecular formula is C10H18N5OS+. The molecule has 1 saturated heterocycles. The molecule has 0 bridgehead atoms. The highest BCUT2D eigenvalue weighted by molar-refractivity contribution is 7.71. The van der Waals surface area contributed by atoms with E-state index in [0.717, 1.165) is 45.1 Å². The van der Waals surface area contributed by atoms with Crippen molar-refractivity contribution in [1.29, 1.82) is 0 Å². The van der Waals surface area contributed by atoms with Crippen LogP contribution in [-0.4, -0.2) is 54.6 Å². The van der Waals surface area contributed by atoms with Gasteiger partial charge >= 0.3 is 0 Å². The van der Waals surface area contributed by atoms with E-state index in [1.165, 1.54) is 6.54 Å². The zero-order valence-corrected chi connectivity index (χ0v) is 10.6. The molecule has 0 radical (unpaired) electrons. The third-order valence-electron chi connectivity index (χ3n) is 2.78. The summed E-state index contributed by atoms with van der Waals surface area (Å²) in [5, 5.41) is 9.71. The number of H-pyrrole nitrogens is 1. The second-order valence-corrected chi connectivity index (χ2v) is 4.45. The van der Waals surface area contributed by atoms with Gasteiger partial charge in [-0.3, -0.25) is 5.10 Å². The van der Waals surface area contributed by atoms with E-state index >= 15 is 0 Å². The Labute approximate surface area is 105 Å². The highest BCUT2D eigenvalue weighted by Gasteiger charge is 2.12. The fourth-order valence-electron chi connectivity index (χ4n) is 1.86. The summed E-state index contributed by atoms with van der Waals surface area (Å²) in [5.41, 5.74) is 0. The van der Waals surface area contributed by atoms with E-state index in [4.69, 9.17) is 17.0 Å². The average Bonchev–Trinajstić information content (AvgIpc) is 2.36. The van der Waals surface area contributed by atoms with Crippen LogP contribution in [0.25, 0.3) is 0 Å². The molecule has 0 unspecified atom stereocenters. The molecule has 1 aromatic heterocycles. The number of quaternary nitrogens is 1. The van der Waals surface area contributed by atoms with Gasteiger partial charge in [-0.2, -0.15) is 5.10 Å². The maximum Gasteiger partial charge on any atom is 0.215 e. The van der Waals surface area contributed by atoms with Crippen molar-refractivity contribution < 1.29 is 9.64 Å². The first-order valence-corrected chi connectivity index (χ1v) is 6.32. The van der Waals surface area contributed by atoms with E-state index in [-0.39, 0.29) is 0 Å². The Balaban J connectivity index is 1.64. The number of anilines is 1. The normalized spacial score (nSPS) is 16.9. The van der Waals surface area contributed by atoms with Crippen LogP contribution in [-0.2, 0) is 4.74 Å². The van der Waals surface area contributed by atoms with Crippen molar-refractivity contribution in [3.63, 3.8) is 0 Å². The van der Waals surface area contributed by atoms with Crippen LogP contribution in [0.1, 0.15) is 6.42 Å². The van der Waals surface area contributed by atoms with Crippen LogP contribution in [0.15, 0.2) is 6.20 Å². The Morgan fingerprint density at radius 3 is 3.06 bits per heavy atom. The predicted octanol–water partition coefficient (Wildman–Crippen LogP) is -0.749. The van der Waals surface area contributed by atoms with E-state index in [1.807, 2.05) is 0 Å². The highest BCUT2D eigenvalue weighted by atomic mass is 32.1. The summed E-state index contributed by atoms with van der Waals surface area (Å²) in [6.07, 6.45) is 2.76. The number of nitrogens with zero attached hydrogens (tertiary/aromatic N) is 2. The van der Waals surface area contributed by atoms with Crippen LogP contribution in [0.2, 0.25) is 0 Å². The number of hydrogen-bond acceptors (Lipinski definition) is 5. The lowest BCUT2D eigenvalue weighted by Gasteiger charge is -2.23. The topological polar surface area (TPSA) is 67.3 Å². The molecule has 1 aromatic rings. The fraction of sp³-hybridized carbons (Fsp3) is 0.700. The van der Waals surface area contributed by atoms with Gasteiger partial charge in [0.05, 0.1) is 26.0 Å². The molecule has 0 saturated carbocycles. The molecule has 6 nitrogen and oxygen atoms in total. The lowest BCUT2D eigenvalue weighted by Crippen LogP contribution is -3.14. The number of nitrogens with one attached hydrogen (secondary N) is 3. The zero-order chi connectivity index (χ0) is 11.9. The summed E-state index contributed by atoms with van der Waals surface area (Å²) in [7, 11) is 0. The molecule has 0 amide bonds. The highest BCUT2D eigenvalue weighted by Crippen LogP contribution is 1.96. The van der Waals surface area contributed by atoms with E-state index in [2.05, 4.69) is 20.5 Å². The SMILES string of the molecule is S=c1nc(NCCC[NH+]2CCOCC2)cn[nH]1. The Hall–Kier alpha value is -1.05. The monoisotopic (exact) mass is 256 g/mol. The molecular weight excluding hydrogens is 238 g/mol. The molecule has 3 N–H and O–H groups in total. The van der Waals surface area contributed by atoms with E-state index in [0.29, 0.717) is 4.77 Å². The summed E-state index contributed by atoms with van der Waals surface area (Å²) in [6.45, 7) is 6.10. The lowest BCUT2D eigenvalue weighted by molar-refractivity contribution is -0.908. The van der Waals surface area contributed by atoms with Gasteiger partial charge in [0.2, 0.25) is 4.77 Å². The fourth-order valence-corrected chi connectivity index (χ4v) is 2.01. The van der Waals surface area contributed by atoms with Crippen LogP contribution in [0.5, 0.6) is 0 Å². The molecule has 0 aromatic carbocycles. The lowest BCUT2D eigenvalue weighted by atomic mass is 10.3. The van der Waals surface area contributed by atoms with Crippen molar-refractivity contribution in [3.8, 4) is 0 Å². The number of aromatic amines is 1. The number of hydrogen-bond donors (Lipinski definition) is 3. The molecule has 94 valence electrons. The van der Waals surface area contributed by atoms with Crippen molar-refractivity contribution in [1.82, 2.24) is 15.2 Å². The predicted molar refractivity (Wildman–Crippen MR) is 66.7 cm³/mol. The summed E-state index contributed by atoms with van der Waals surface area (Å²) in [5.74, 6) is 0.741. The Kier molecular flexibility index (Phi) is 4.84. The molecule has 7 heteroatoms. The Bertz CT molecular complexity index is 390. The van der Waals surface area contributed by atoms with Gasteiger partial charge in [-0.25, -0.2) is 4.98 Å². The number of aromatic nitrogens is 3. The van der Waals surface area contributed by atoms with E-state index in [9.17, 15) is 0 Å². The number of rotatable bonds is 5. The summed E-state index contributed by atoms with van der Waals surface area (Å²) in [6, 6.07) is 0. The van der Waals surface area contributed by atoms with Gasteiger partial charge in [-0.05, 0) is 12.2 Å². The molecule has 1 aliphatic heterocycles. The van der Waals surface area contributed by atoms with E-state index in [1.54, 1.807) is 11.1 Å². The summed E-state index contributed by atoms with van der Waals surface area (Å²) >= 11 is 4.89. The molecule has 1 aliphatic rings. The quantitative estimate of drug-likeness (QED) is 0.478. The largest absolute Gasteiger partial charge is 0.370 e. The van der Waals surface area contributed by atoms with Gasteiger partial charge < -0.3 is 15.0 Å². The summed E-state index contributed by atoms with van der Waals surface area (Å²) in [4.78, 5) is 5.74. The average molecular weight is 256 g/mol. The van der Waals surface area contributed by atoms with Crippen molar-refractivity contribution in [2.24, 2.45) is 0 Å². The molecule has 2 heterocycles. The summed E-state index contributed by atoms with van der Waals surface area (Å²) < 4.78 is 5.73. The Morgan fingerprint density at radius 2 is 2.29 bits per heavy atom. The first-order valence-electron chi connectivity index (χ1n) is 5.91. The third-order valence-corrected chi connectivity index (χ3v) is 2.96. The molecule has 1 fully saturated rings. The van der Waals surface area contributed by atoms with Crippen molar-refractivity contribution in [3.05, 3.63) is 11.0 Å². The van der Waals surface area contributed by atoms with Gasteiger partial charge in [-0.1, -0.05) is 0 Å². The third kappa shape index (κ3) is 4.37. The molecule has 0 aliphatic carbocycles. The van der Waals surface area contributed by atoms with Crippen LogP contribution in [0, 0.1) is 4.77 Å². The van der Waals surface area contributed by atoms with Crippen molar-refractivity contribution in [2.45, 2.75) is 6.42 Å². The molecule has 0 atom stereocenters. The minimum Gasteiger partial charge on any atom is -0.370 e. The van der Waals surface area contributed by atoms with Crippen LogP contribution < -0.4 is 10.2 Å². The van der Waals surface area contributed by atoms with Crippen LogP contribution in [0.3, 0.4) is 0 Å². The second-order valence-electron chi connectivity index (χ2n) is 4.06. The van der Waals surface area contributed by atoms with Gasteiger partial charge in [0.1, 0.15) is 18.9 Å². The minimum absolute atomic E-state index is 0.411. The van der Waals surface area contributed by atoms with Crippen LogP contribution >= 0.6 is 12.2 Å². The molecule has 17 heavy (non-hydrogen) atoms. The zero-order valence-electron chi connectivity index (χ0n) is 9.74. The molecule has 0 spiro atoms. The maximum absolute atomic E-state index is 5.32. The van der Waals surface area contributed by atoms with Gasteiger partial charge in [-0.15, -0.1) is 0 Å². The second kappa shape index (κ2) is 6.63. The van der Waals surface area contributed by atoms with Crippen LogP contribution in [0.4, 0.5) is 5.82 Å². The maximum atomic E-state index is 5.32. The van der Waals surface area contributed by atoms with Crippen molar-refractivity contribution >= 4 is 18.0 Å². The Morgan fingerprint density at radius 1 is 1.47 bits per heavy atom. The van der Waals surface area contributed by atoms with E-state index < -0.39 is 0 Å². The van der Waals surface area contributed by atoms with Gasteiger partial charge in [0.15, 0.2) is 0 Å². The number of morpholine rings is 1. The smallest absolute Gasteiger partial charge is 0.215 e. The van der Waals surface area contributed by atoms with Gasteiger partial charge in [0, 0.05) is 13.0 Å². The first kappa shape index (κ1) is 12.4. The van der Waals surface area contributed by atoms with Crippen molar-refractivity contribution in [2.75, 3.05) is 44.7 Å². The molecule has 2 rings (SSSR count).